The molecule has 2 aromatic rings. The number of carbonyl (C=O) groups excluding carboxylic acids is 3. The van der Waals surface area contributed by atoms with E-state index in [0.717, 1.165) is 29.5 Å². The first-order valence-corrected chi connectivity index (χ1v) is 10.3. The standard InChI is InChI=1S/C17H22O2.C7H6ClNO/c1-5-6-13-9-14(18)16(17(13)19)15-11(3)7-10(2)8-12(15)4;1-5(10)7-4-6(8)2-3-9-7/h7-8,13,16H,5-6,9H2,1-4H3;2-4H,1H3. The minimum atomic E-state index is -0.503. The first kappa shape index (κ1) is 23.0. The number of rotatable bonds is 4. The molecule has 0 radical (unpaired) electrons. The number of aromatic nitrogens is 1. The number of aryl methyl sites for hydroxylation is 3. The van der Waals surface area contributed by atoms with E-state index in [9.17, 15) is 14.4 Å². The molecule has 0 amide bonds. The molecule has 1 aromatic heterocycles. The highest BCUT2D eigenvalue weighted by Gasteiger charge is 2.42. The molecule has 5 heteroatoms. The van der Waals surface area contributed by atoms with Crippen molar-refractivity contribution in [3.63, 3.8) is 0 Å². The second kappa shape index (κ2) is 9.93. The van der Waals surface area contributed by atoms with E-state index < -0.39 is 5.92 Å². The highest BCUT2D eigenvalue weighted by Crippen LogP contribution is 2.37. The summed E-state index contributed by atoms with van der Waals surface area (Å²) in [7, 11) is 0. The normalized spacial score (nSPS) is 18.4. The summed E-state index contributed by atoms with van der Waals surface area (Å²) < 4.78 is 0. The van der Waals surface area contributed by atoms with Crippen LogP contribution in [0.3, 0.4) is 0 Å². The number of pyridine rings is 1. The van der Waals surface area contributed by atoms with Crippen molar-refractivity contribution in [1.82, 2.24) is 4.98 Å². The molecule has 0 bridgehead atoms. The van der Waals surface area contributed by atoms with E-state index in [4.69, 9.17) is 11.6 Å². The molecule has 154 valence electrons. The van der Waals surface area contributed by atoms with E-state index in [1.54, 1.807) is 12.1 Å². The highest BCUT2D eigenvalue weighted by molar-refractivity contribution is 6.30. The van der Waals surface area contributed by atoms with Crippen molar-refractivity contribution in [3.05, 3.63) is 63.4 Å². The van der Waals surface area contributed by atoms with Gasteiger partial charge in [-0.1, -0.05) is 42.6 Å². The molecular formula is C24H28ClNO3. The van der Waals surface area contributed by atoms with Gasteiger partial charge in [0.15, 0.2) is 11.6 Å². The molecule has 29 heavy (non-hydrogen) atoms. The first-order chi connectivity index (χ1) is 13.6. The van der Waals surface area contributed by atoms with Crippen LogP contribution in [0.15, 0.2) is 30.5 Å². The number of halogens is 1. The molecule has 1 aliphatic carbocycles. The predicted octanol–water partition coefficient (Wildman–Crippen LogP) is 5.59. The van der Waals surface area contributed by atoms with Crippen LogP contribution in [0.5, 0.6) is 0 Å². The van der Waals surface area contributed by atoms with Crippen molar-refractivity contribution >= 4 is 29.0 Å². The van der Waals surface area contributed by atoms with Crippen LogP contribution in [0.1, 0.15) is 71.8 Å². The molecule has 0 spiro atoms. The number of benzene rings is 1. The van der Waals surface area contributed by atoms with Crippen LogP contribution in [-0.4, -0.2) is 22.3 Å². The minimum Gasteiger partial charge on any atom is -0.298 e. The van der Waals surface area contributed by atoms with Gasteiger partial charge < -0.3 is 0 Å². The fourth-order valence-electron chi connectivity index (χ4n) is 4.00. The minimum absolute atomic E-state index is 0.0531. The van der Waals surface area contributed by atoms with Gasteiger partial charge in [-0.3, -0.25) is 19.4 Å². The van der Waals surface area contributed by atoms with Crippen LogP contribution in [0.25, 0.3) is 0 Å². The third kappa shape index (κ3) is 5.60. The summed E-state index contributed by atoms with van der Waals surface area (Å²) in [5, 5.41) is 0.542. The Balaban J connectivity index is 0.000000253. The summed E-state index contributed by atoms with van der Waals surface area (Å²) in [5.74, 6) is -0.373. The smallest absolute Gasteiger partial charge is 0.178 e. The van der Waals surface area contributed by atoms with Crippen molar-refractivity contribution < 1.29 is 14.4 Å². The van der Waals surface area contributed by atoms with Gasteiger partial charge in [0.25, 0.3) is 0 Å². The third-order valence-corrected chi connectivity index (χ3v) is 5.44. The monoisotopic (exact) mass is 413 g/mol. The Kier molecular flexibility index (Phi) is 7.86. The lowest BCUT2D eigenvalue weighted by Gasteiger charge is -2.16. The molecule has 3 rings (SSSR count). The van der Waals surface area contributed by atoms with Crippen molar-refractivity contribution in [2.75, 3.05) is 0 Å². The predicted molar refractivity (Wildman–Crippen MR) is 116 cm³/mol. The average molecular weight is 414 g/mol. The Bertz CT molecular complexity index is 912. The summed E-state index contributed by atoms with van der Waals surface area (Å²) in [6, 6.07) is 7.31. The largest absolute Gasteiger partial charge is 0.298 e. The number of nitrogens with zero attached hydrogens (tertiary/aromatic N) is 1. The summed E-state index contributed by atoms with van der Waals surface area (Å²) in [6.07, 6.45) is 3.75. The lowest BCUT2D eigenvalue weighted by molar-refractivity contribution is -0.124. The zero-order chi connectivity index (χ0) is 21.7. The Morgan fingerprint density at radius 3 is 2.24 bits per heavy atom. The van der Waals surface area contributed by atoms with E-state index in [-0.39, 0.29) is 23.3 Å². The zero-order valence-corrected chi connectivity index (χ0v) is 18.5. The number of carbonyl (C=O) groups is 3. The molecule has 1 aliphatic rings. The van der Waals surface area contributed by atoms with Crippen LogP contribution >= 0.6 is 11.6 Å². The first-order valence-electron chi connectivity index (χ1n) is 9.92. The fraction of sp³-hybridized carbons (Fsp3) is 0.417. The van der Waals surface area contributed by atoms with E-state index in [1.807, 2.05) is 20.8 Å². The van der Waals surface area contributed by atoms with Gasteiger partial charge in [-0.2, -0.15) is 0 Å². The van der Waals surface area contributed by atoms with Gasteiger partial charge in [-0.05, 0) is 56.0 Å². The lowest BCUT2D eigenvalue weighted by atomic mass is 9.86. The molecule has 0 aliphatic heterocycles. The van der Waals surface area contributed by atoms with Crippen LogP contribution in [0.4, 0.5) is 0 Å². The van der Waals surface area contributed by atoms with Crippen molar-refractivity contribution in [3.8, 4) is 0 Å². The number of ketones is 3. The van der Waals surface area contributed by atoms with Gasteiger partial charge in [0, 0.05) is 30.5 Å². The van der Waals surface area contributed by atoms with Gasteiger partial charge in [0.1, 0.15) is 17.4 Å². The van der Waals surface area contributed by atoms with Gasteiger partial charge in [-0.15, -0.1) is 0 Å². The van der Waals surface area contributed by atoms with Crippen LogP contribution < -0.4 is 0 Å². The van der Waals surface area contributed by atoms with Gasteiger partial charge in [0.05, 0.1) is 0 Å². The average Bonchev–Trinajstić information content (AvgIpc) is 2.90. The molecular weight excluding hydrogens is 386 g/mol. The quantitative estimate of drug-likeness (QED) is 0.484. The van der Waals surface area contributed by atoms with Gasteiger partial charge >= 0.3 is 0 Å². The van der Waals surface area contributed by atoms with Gasteiger partial charge in [0.2, 0.25) is 0 Å². The topological polar surface area (TPSA) is 64.1 Å². The van der Waals surface area contributed by atoms with Crippen LogP contribution in [0, 0.1) is 26.7 Å². The maximum absolute atomic E-state index is 12.5. The Hall–Kier alpha value is -2.33. The van der Waals surface area contributed by atoms with E-state index >= 15 is 0 Å². The Labute approximate surface area is 177 Å². The molecule has 4 nitrogen and oxygen atoms in total. The molecule has 1 saturated carbocycles. The maximum atomic E-state index is 12.5. The zero-order valence-electron chi connectivity index (χ0n) is 17.7. The van der Waals surface area contributed by atoms with E-state index in [1.165, 1.54) is 18.7 Å². The fourth-order valence-corrected chi connectivity index (χ4v) is 4.16. The number of hydrogen-bond donors (Lipinski definition) is 0. The SMILES string of the molecule is CC(=O)c1cc(Cl)ccn1.CCCC1CC(=O)C(c2c(C)cc(C)cc2C)C1=O. The summed E-state index contributed by atoms with van der Waals surface area (Å²) in [5.41, 5.74) is 4.69. The summed E-state index contributed by atoms with van der Waals surface area (Å²) in [6.45, 7) is 9.57. The second-order valence-electron chi connectivity index (χ2n) is 7.72. The molecule has 2 unspecified atom stereocenters. The van der Waals surface area contributed by atoms with Crippen molar-refractivity contribution in [2.45, 2.75) is 59.8 Å². The Morgan fingerprint density at radius 1 is 1.14 bits per heavy atom. The molecule has 0 saturated heterocycles. The lowest BCUT2D eigenvalue weighted by Crippen LogP contribution is -2.17. The molecule has 2 atom stereocenters. The summed E-state index contributed by atoms with van der Waals surface area (Å²) >= 11 is 5.60. The van der Waals surface area contributed by atoms with E-state index in [2.05, 4.69) is 24.0 Å². The molecule has 0 N–H and O–H groups in total. The molecule has 1 fully saturated rings. The third-order valence-electron chi connectivity index (χ3n) is 5.20. The molecule has 1 heterocycles. The second-order valence-corrected chi connectivity index (χ2v) is 8.16. The van der Waals surface area contributed by atoms with E-state index in [0.29, 0.717) is 17.1 Å². The summed E-state index contributed by atoms with van der Waals surface area (Å²) in [4.78, 5) is 39.2. The van der Waals surface area contributed by atoms with Crippen molar-refractivity contribution in [1.29, 1.82) is 0 Å². The van der Waals surface area contributed by atoms with Crippen LogP contribution in [0.2, 0.25) is 5.02 Å². The Morgan fingerprint density at radius 2 is 1.76 bits per heavy atom. The maximum Gasteiger partial charge on any atom is 0.178 e. The molecule has 1 aromatic carbocycles. The van der Waals surface area contributed by atoms with Crippen molar-refractivity contribution in [2.24, 2.45) is 5.92 Å². The van der Waals surface area contributed by atoms with Crippen LogP contribution in [-0.2, 0) is 9.59 Å². The highest BCUT2D eigenvalue weighted by atomic mass is 35.5. The number of hydrogen-bond acceptors (Lipinski definition) is 4. The van der Waals surface area contributed by atoms with Gasteiger partial charge in [-0.25, -0.2) is 0 Å². The number of Topliss-reactive ketones (excluding diaryl/α,β-unsaturated/α-hetero) is 3.